The molecular weight excluding hydrogens is 540 g/mol. The van der Waals surface area contributed by atoms with Gasteiger partial charge in [-0.15, -0.1) is 0 Å². The summed E-state index contributed by atoms with van der Waals surface area (Å²) < 4.78 is 11.7. The molecular formula is C41H66O3. The Labute approximate surface area is 271 Å². The second kappa shape index (κ2) is 26.0. The van der Waals surface area contributed by atoms with Crippen molar-refractivity contribution in [3.05, 3.63) is 54.1 Å². The molecule has 0 N–H and O–H groups in total. The van der Waals surface area contributed by atoms with Crippen LogP contribution in [0.5, 0.6) is 5.75 Å². The fraction of sp³-hybridized carbons (Fsp3) is 0.683. The molecule has 2 rings (SSSR count). The van der Waals surface area contributed by atoms with E-state index in [2.05, 4.69) is 62.4 Å². The molecule has 0 saturated heterocycles. The van der Waals surface area contributed by atoms with Gasteiger partial charge in [-0.3, -0.25) is 4.79 Å². The van der Waals surface area contributed by atoms with Crippen LogP contribution in [0.1, 0.15) is 180 Å². The highest BCUT2D eigenvalue weighted by molar-refractivity contribution is 5.70. The SMILES string of the molecule is CCCCCCCCCCCCCCCOc1ccc(-c2ccc(C(C)OC(=O)CCCCCCCCCCC)cc2)cc1. The van der Waals surface area contributed by atoms with Crippen molar-refractivity contribution in [1.29, 1.82) is 0 Å². The van der Waals surface area contributed by atoms with Crippen molar-refractivity contribution >= 4 is 5.97 Å². The summed E-state index contributed by atoms with van der Waals surface area (Å²) in [6.07, 6.45) is 29.3. The van der Waals surface area contributed by atoms with Crippen molar-refractivity contribution in [3.8, 4) is 16.9 Å². The number of hydrogen-bond acceptors (Lipinski definition) is 3. The van der Waals surface area contributed by atoms with Gasteiger partial charge >= 0.3 is 5.97 Å². The minimum Gasteiger partial charge on any atom is -0.494 e. The first kappa shape index (κ1) is 37.9. The van der Waals surface area contributed by atoms with Crippen LogP contribution in [0.25, 0.3) is 11.1 Å². The minimum atomic E-state index is -0.226. The quantitative estimate of drug-likeness (QED) is 0.0714. The molecule has 0 aliphatic heterocycles. The Bertz CT molecular complexity index is 933. The topological polar surface area (TPSA) is 35.5 Å². The maximum Gasteiger partial charge on any atom is 0.306 e. The summed E-state index contributed by atoms with van der Waals surface area (Å²) in [7, 11) is 0. The second-order valence-electron chi connectivity index (χ2n) is 12.9. The largest absolute Gasteiger partial charge is 0.494 e. The molecule has 0 spiro atoms. The zero-order chi connectivity index (χ0) is 31.5. The van der Waals surface area contributed by atoms with Gasteiger partial charge in [-0.2, -0.15) is 0 Å². The Hall–Kier alpha value is -2.29. The molecule has 0 aliphatic carbocycles. The monoisotopic (exact) mass is 607 g/mol. The normalized spacial score (nSPS) is 11.9. The Morgan fingerprint density at radius 1 is 0.523 bits per heavy atom. The average Bonchev–Trinajstić information content (AvgIpc) is 3.04. The van der Waals surface area contributed by atoms with Crippen LogP contribution < -0.4 is 4.74 Å². The highest BCUT2D eigenvalue weighted by Crippen LogP contribution is 2.26. The molecule has 248 valence electrons. The molecule has 0 amide bonds. The van der Waals surface area contributed by atoms with Crippen LogP contribution in [0.2, 0.25) is 0 Å². The van der Waals surface area contributed by atoms with Crippen molar-refractivity contribution in [2.45, 2.75) is 175 Å². The van der Waals surface area contributed by atoms with Crippen molar-refractivity contribution in [2.24, 2.45) is 0 Å². The third kappa shape index (κ3) is 18.5. The van der Waals surface area contributed by atoms with E-state index >= 15 is 0 Å². The molecule has 0 heterocycles. The minimum absolute atomic E-state index is 0.0843. The highest BCUT2D eigenvalue weighted by atomic mass is 16.5. The number of carbonyl (C=O) groups excluding carboxylic acids is 1. The van der Waals surface area contributed by atoms with Gasteiger partial charge in [0.15, 0.2) is 0 Å². The number of rotatable bonds is 28. The van der Waals surface area contributed by atoms with Crippen LogP contribution in [-0.2, 0) is 9.53 Å². The summed E-state index contributed by atoms with van der Waals surface area (Å²) in [6, 6.07) is 16.8. The molecule has 1 unspecified atom stereocenters. The van der Waals surface area contributed by atoms with Gasteiger partial charge in [0.1, 0.15) is 11.9 Å². The zero-order valence-electron chi connectivity index (χ0n) is 28.9. The fourth-order valence-corrected chi connectivity index (χ4v) is 5.90. The van der Waals surface area contributed by atoms with E-state index in [0.717, 1.165) is 42.7 Å². The summed E-state index contributed by atoms with van der Waals surface area (Å²) in [4.78, 5) is 12.3. The molecule has 3 nitrogen and oxygen atoms in total. The van der Waals surface area contributed by atoms with Gasteiger partial charge in [-0.05, 0) is 48.6 Å². The molecule has 0 fully saturated rings. The summed E-state index contributed by atoms with van der Waals surface area (Å²) in [5, 5.41) is 0. The van der Waals surface area contributed by atoms with Crippen molar-refractivity contribution < 1.29 is 14.3 Å². The van der Waals surface area contributed by atoms with E-state index in [1.54, 1.807) is 0 Å². The average molecular weight is 607 g/mol. The van der Waals surface area contributed by atoms with Gasteiger partial charge in [0.2, 0.25) is 0 Å². The Balaban J connectivity index is 1.54. The molecule has 0 radical (unpaired) electrons. The van der Waals surface area contributed by atoms with Crippen LogP contribution in [-0.4, -0.2) is 12.6 Å². The highest BCUT2D eigenvalue weighted by Gasteiger charge is 2.12. The third-order valence-corrected chi connectivity index (χ3v) is 8.88. The molecule has 1 atom stereocenters. The molecule has 44 heavy (non-hydrogen) atoms. The van der Waals surface area contributed by atoms with E-state index in [1.165, 1.54) is 128 Å². The predicted octanol–water partition coefficient (Wildman–Crippen LogP) is 13.3. The molecule has 0 bridgehead atoms. The van der Waals surface area contributed by atoms with Crippen molar-refractivity contribution in [3.63, 3.8) is 0 Å². The van der Waals surface area contributed by atoms with E-state index < -0.39 is 0 Å². The van der Waals surface area contributed by atoms with Crippen molar-refractivity contribution in [1.82, 2.24) is 0 Å². The lowest BCUT2D eigenvalue weighted by molar-refractivity contribution is -0.148. The number of esters is 1. The number of unbranched alkanes of at least 4 members (excludes halogenated alkanes) is 20. The summed E-state index contributed by atoms with van der Waals surface area (Å²) >= 11 is 0. The number of benzene rings is 2. The van der Waals surface area contributed by atoms with Crippen LogP contribution in [0, 0.1) is 0 Å². The van der Waals surface area contributed by atoms with Gasteiger partial charge < -0.3 is 9.47 Å². The summed E-state index contributed by atoms with van der Waals surface area (Å²) in [6.45, 7) is 7.30. The number of carbonyl (C=O) groups is 1. The number of hydrogen-bond donors (Lipinski definition) is 0. The van der Waals surface area contributed by atoms with Crippen LogP contribution in [0.4, 0.5) is 0 Å². The molecule has 2 aromatic rings. The predicted molar refractivity (Wildman–Crippen MR) is 189 cm³/mol. The maximum absolute atomic E-state index is 12.3. The van der Waals surface area contributed by atoms with Gasteiger partial charge in [0, 0.05) is 6.42 Å². The smallest absolute Gasteiger partial charge is 0.306 e. The third-order valence-electron chi connectivity index (χ3n) is 8.88. The first-order valence-electron chi connectivity index (χ1n) is 18.7. The van der Waals surface area contributed by atoms with E-state index in [4.69, 9.17) is 9.47 Å². The van der Waals surface area contributed by atoms with Crippen LogP contribution in [0.3, 0.4) is 0 Å². The van der Waals surface area contributed by atoms with Crippen molar-refractivity contribution in [2.75, 3.05) is 6.61 Å². The lowest BCUT2D eigenvalue weighted by Gasteiger charge is -2.14. The number of ether oxygens (including phenoxy) is 2. The van der Waals surface area contributed by atoms with Gasteiger partial charge in [0.05, 0.1) is 6.61 Å². The Morgan fingerprint density at radius 2 is 0.909 bits per heavy atom. The molecule has 3 heteroatoms. The van der Waals surface area contributed by atoms with E-state index in [-0.39, 0.29) is 12.1 Å². The molecule has 2 aromatic carbocycles. The van der Waals surface area contributed by atoms with Crippen LogP contribution >= 0.6 is 0 Å². The lowest BCUT2D eigenvalue weighted by Crippen LogP contribution is -2.08. The van der Waals surface area contributed by atoms with Gasteiger partial charge in [0.25, 0.3) is 0 Å². The first-order chi connectivity index (χ1) is 21.6. The standard InChI is InChI=1S/C41H66O3/c1-4-6-8-10-12-14-15-16-17-19-21-23-25-35-43-40-33-31-39(32-34-40)38-29-27-37(28-30-38)36(3)44-41(42)26-24-22-20-18-13-11-9-7-5-2/h27-34,36H,4-26,35H2,1-3H3. The van der Waals surface area contributed by atoms with Gasteiger partial charge in [-0.25, -0.2) is 0 Å². The van der Waals surface area contributed by atoms with E-state index in [0.29, 0.717) is 6.42 Å². The summed E-state index contributed by atoms with van der Waals surface area (Å²) in [5.74, 6) is 0.857. The van der Waals surface area contributed by atoms with E-state index in [9.17, 15) is 4.79 Å². The van der Waals surface area contributed by atoms with E-state index in [1.807, 2.05) is 6.92 Å². The molecule has 0 aliphatic rings. The van der Waals surface area contributed by atoms with Gasteiger partial charge in [-0.1, -0.05) is 179 Å². The summed E-state index contributed by atoms with van der Waals surface area (Å²) in [5.41, 5.74) is 3.36. The molecule has 0 aromatic heterocycles. The Morgan fingerprint density at radius 3 is 1.36 bits per heavy atom. The first-order valence-corrected chi connectivity index (χ1v) is 18.7. The lowest BCUT2D eigenvalue weighted by atomic mass is 10.0. The Kier molecular flexibility index (Phi) is 22.4. The maximum atomic E-state index is 12.3. The fourth-order valence-electron chi connectivity index (χ4n) is 5.90. The second-order valence-corrected chi connectivity index (χ2v) is 12.9. The molecule has 0 saturated carbocycles. The van der Waals surface area contributed by atoms with Crippen LogP contribution in [0.15, 0.2) is 48.5 Å². The zero-order valence-corrected chi connectivity index (χ0v) is 28.9.